The summed E-state index contributed by atoms with van der Waals surface area (Å²) in [6, 6.07) is 0. The average Bonchev–Trinajstić information content (AvgIpc) is 2.91. The zero-order valence-electron chi connectivity index (χ0n) is 15.6. The van der Waals surface area contributed by atoms with Gasteiger partial charge in [0, 0.05) is 32.9 Å². The molecule has 0 radical (unpaired) electrons. The van der Waals surface area contributed by atoms with Crippen molar-refractivity contribution in [1.82, 2.24) is 9.55 Å². The number of fused-ring (bicyclic) bond motifs is 1. The van der Waals surface area contributed by atoms with Gasteiger partial charge >= 0.3 is 11.7 Å². The van der Waals surface area contributed by atoms with Gasteiger partial charge < -0.3 is 14.5 Å². The molecule has 1 aromatic heterocycles. The number of ether oxygens (including phenoxy) is 1. The van der Waals surface area contributed by atoms with Gasteiger partial charge in [-0.2, -0.15) is 0 Å². The summed E-state index contributed by atoms with van der Waals surface area (Å²) >= 11 is 3.37. The maximum absolute atomic E-state index is 12.0. The second-order valence-electron chi connectivity index (χ2n) is 6.68. The minimum Gasteiger partial charge on any atom is -0.462 e. The topological polar surface area (TPSA) is 87.6 Å². The van der Waals surface area contributed by atoms with E-state index in [2.05, 4.69) is 25.8 Å². The van der Waals surface area contributed by atoms with E-state index in [9.17, 15) is 14.4 Å². The van der Waals surface area contributed by atoms with E-state index in [-0.39, 0.29) is 23.3 Å². The van der Waals surface area contributed by atoms with Crippen LogP contribution in [0.15, 0.2) is 9.59 Å². The number of aromatic nitrogens is 2. The number of esters is 1. The molecule has 0 amide bonds. The SMILES string of the molecule is CC(=O)OC(CBr)CCCCCCN1CN(C)c2c1n(C)c(=O)[nH]c2=O. The van der Waals surface area contributed by atoms with Crippen LogP contribution in [0, 0.1) is 0 Å². The van der Waals surface area contributed by atoms with E-state index in [4.69, 9.17) is 4.74 Å². The van der Waals surface area contributed by atoms with Gasteiger partial charge in [0.05, 0.1) is 6.67 Å². The third-order valence-electron chi connectivity index (χ3n) is 4.54. The van der Waals surface area contributed by atoms with Crippen LogP contribution in [0.25, 0.3) is 0 Å². The number of rotatable bonds is 9. The molecule has 1 N–H and O–H groups in total. The number of carbonyl (C=O) groups excluding carboxylic acids is 1. The molecule has 0 fully saturated rings. The van der Waals surface area contributed by atoms with Gasteiger partial charge in [0.25, 0.3) is 5.56 Å². The van der Waals surface area contributed by atoms with Crippen molar-refractivity contribution >= 4 is 33.4 Å². The lowest BCUT2D eigenvalue weighted by Crippen LogP contribution is -2.32. The van der Waals surface area contributed by atoms with Crippen LogP contribution in [-0.2, 0) is 16.6 Å². The maximum atomic E-state index is 12.0. The number of unbranched alkanes of at least 4 members (excludes halogenated alkanes) is 3. The van der Waals surface area contributed by atoms with Gasteiger partial charge in [0.2, 0.25) is 0 Å². The Kier molecular flexibility index (Phi) is 7.31. The molecule has 0 saturated carbocycles. The number of halogens is 1. The summed E-state index contributed by atoms with van der Waals surface area (Å²) < 4.78 is 6.71. The average molecular weight is 431 g/mol. The number of hydrogen-bond donors (Lipinski definition) is 1. The smallest absolute Gasteiger partial charge is 0.329 e. The maximum Gasteiger partial charge on any atom is 0.329 e. The molecular formula is C17H27BrN4O4. The van der Waals surface area contributed by atoms with Crippen LogP contribution in [0.2, 0.25) is 0 Å². The third kappa shape index (κ3) is 4.90. The minimum atomic E-state index is -0.389. The van der Waals surface area contributed by atoms with Crippen molar-refractivity contribution in [2.24, 2.45) is 7.05 Å². The Morgan fingerprint density at radius 1 is 1.23 bits per heavy atom. The van der Waals surface area contributed by atoms with Gasteiger partial charge in [-0.15, -0.1) is 0 Å². The third-order valence-corrected chi connectivity index (χ3v) is 5.26. The summed E-state index contributed by atoms with van der Waals surface area (Å²) in [6.07, 6.45) is 4.85. The van der Waals surface area contributed by atoms with Crippen LogP contribution >= 0.6 is 15.9 Å². The van der Waals surface area contributed by atoms with Gasteiger partial charge in [-0.25, -0.2) is 4.79 Å². The summed E-state index contributed by atoms with van der Waals surface area (Å²) in [5.74, 6) is 0.447. The fourth-order valence-electron chi connectivity index (χ4n) is 3.30. The van der Waals surface area contributed by atoms with Gasteiger partial charge in [-0.3, -0.25) is 19.1 Å². The lowest BCUT2D eigenvalue weighted by Gasteiger charge is -2.20. The summed E-state index contributed by atoms with van der Waals surface area (Å²) in [7, 11) is 3.53. The van der Waals surface area contributed by atoms with Crippen molar-refractivity contribution in [3.05, 3.63) is 20.8 Å². The van der Waals surface area contributed by atoms with Crippen molar-refractivity contribution < 1.29 is 9.53 Å². The molecule has 2 rings (SSSR count). The second kappa shape index (κ2) is 9.25. The first kappa shape index (κ1) is 20.5. The molecule has 0 bridgehead atoms. The molecular weight excluding hydrogens is 404 g/mol. The molecule has 0 aromatic carbocycles. The number of aromatic amines is 1. The Morgan fingerprint density at radius 2 is 1.92 bits per heavy atom. The predicted octanol–water partition coefficient (Wildman–Crippen LogP) is 1.56. The second-order valence-corrected chi connectivity index (χ2v) is 7.33. The van der Waals surface area contributed by atoms with E-state index in [0.717, 1.165) is 38.6 Å². The van der Waals surface area contributed by atoms with Crippen LogP contribution in [0.4, 0.5) is 11.5 Å². The Bertz CT molecular complexity index is 745. The quantitative estimate of drug-likeness (QED) is 0.363. The van der Waals surface area contributed by atoms with Crippen molar-refractivity contribution in [3.63, 3.8) is 0 Å². The van der Waals surface area contributed by atoms with Crippen molar-refractivity contribution in [2.45, 2.75) is 45.1 Å². The van der Waals surface area contributed by atoms with Crippen LogP contribution in [0.5, 0.6) is 0 Å². The number of nitrogens with zero attached hydrogens (tertiary/aromatic N) is 3. The van der Waals surface area contributed by atoms with E-state index in [1.807, 2.05) is 11.9 Å². The van der Waals surface area contributed by atoms with E-state index in [1.54, 1.807) is 7.05 Å². The molecule has 0 aliphatic carbocycles. The molecule has 9 heteroatoms. The molecule has 1 aliphatic rings. The van der Waals surface area contributed by atoms with E-state index in [1.165, 1.54) is 11.5 Å². The fraction of sp³-hybridized carbons (Fsp3) is 0.706. The fourth-order valence-corrected chi connectivity index (χ4v) is 3.76. The first-order chi connectivity index (χ1) is 12.3. The molecule has 1 atom stereocenters. The van der Waals surface area contributed by atoms with Gasteiger partial charge in [-0.1, -0.05) is 28.8 Å². The van der Waals surface area contributed by atoms with Gasteiger partial charge in [-0.05, 0) is 19.3 Å². The van der Waals surface area contributed by atoms with Crippen molar-refractivity contribution in [2.75, 3.05) is 35.4 Å². The summed E-state index contributed by atoms with van der Waals surface area (Å²) in [6.45, 7) is 2.83. The number of anilines is 2. The highest BCUT2D eigenvalue weighted by molar-refractivity contribution is 9.09. The van der Waals surface area contributed by atoms with E-state index >= 15 is 0 Å². The predicted molar refractivity (Wildman–Crippen MR) is 105 cm³/mol. The molecule has 2 heterocycles. The molecule has 26 heavy (non-hydrogen) atoms. The number of alkyl halides is 1. The largest absolute Gasteiger partial charge is 0.462 e. The number of H-pyrrole nitrogens is 1. The Labute approximate surface area is 161 Å². The standard InChI is InChI=1S/C17H27BrN4O4/c1-12(23)26-13(10-18)8-6-4-5-7-9-22-11-20(2)14-15(24)19-17(25)21(3)16(14)22/h13H,4-11H2,1-3H3,(H,19,24,25). The van der Waals surface area contributed by atoms with Crippen LogP contribution in [0.1, 0.15) is 39.0 Å². The Hall–Kier alpha value is -1.77. The summed E-state index contributed by atoms with van der Waals surface area (Å²) in [5.41, 5.74) is -0.173. The lowest BCUT2D eigenvalue weighted by molar-refractivity contribution is -0.145. The molecule has 1 aliphatic heterocycles. The van der Waals surface area contributed by atoms with Crippen molar-refractivity contribution in [3.8, 4) is 0 Å². The zero-order valence-corrected chi connectivity index (χ0v) is 17.2. The van der Waals surface area contributed by atoms with Crippen molar-refractivity contribution in [1.29, 1.82) is 0 Å². The number of hydrogen-bond acceptors (Lipinski definition) is 6. The molecule has 0 spiro atoms. The monoisotopic (exact) mass is 430 g/mol. The zero-order chi connectivity index (χ0) is 19.3. The normalized spacial score (nSPS) is 14.5. The van der Waals surface area contributed by atoms with E-state index in [0.29, 0.717) is 23.5 Å². The Morgan fingerprint density at radius 3 is 2.58 bits per heavy atom. The van der Waals surface area contributed by atoms with Gasteiger partial charge in [0.15, 0.2) is 0 Å². The number of nitrogens with one attached hydrogen (secondary N) is 1. The molecule has 8 nitrogen and oxygen atoms in total. The number of carbonyl (C=O) groups is 1. The highest BCUT2D eigenvalue weighted by atomic mass is 79.9. The van der Waals surface area contributed by atoms with Gasteiger partial charge in [0.1, 0.15) is 17.6 Å². The Balaban J connectivity index is 1.81. The lowest BCUT2D eigenvalue weighted by atomic mass is 10.1. The van der Waals surface area contributed by atoms with E-state index < -0.39 is 0 Å². The summed E-state index contributed by atoms with van der Waals surface area (Å²) in [4.78, 5) is 41.2. The minimum absolute atomic E-state index is 0.0622. The van der Waals surface area contributed by atoms with Crippen LogP contribution < -0.4 is 21.0 Å². The first-order valence-corrected chi connectivity index (χ1v) is 9.99. The first-order valence-electron chi connectivity index (χ1n) is 8.87. The molecule has 1 aromatic rings. The molecule has 1 unspecified atom stereocenters. The van der Waals surface area contributed by atoms with Crippen LogP contribution in [-0.4, -0.2) is 47.2 Å². The summed E-state index contributed by atoms with van der Waals surface area (Å²) in [5, 5.41) is 0.659. The molecule has 146 valence electrons. The molecule has 0 saturated heterocycles. The highest BCUT2D eigenvalue weighted by Gasteiger charge is 2.28. The highest BCUT2D eigenvalue weighted by Crippen LogP contribution is 2.29. The van der Waals surface area contributed by atoms with Crippen LogP contribution in [0.3, 0.4) is 0 Å².